The highest BCUT2D eigenvalue weighted by Gasteiger charge is 2.37. The van der Waals surface area contributed by atoms with Crippen LogP contribution >= 0.6 is 0 Å². The molecule has 0 radical (unpaired) electrons. The zero-order valence-electron chi connectivity index (χ0n) is 21.9. The maximum absolute atomic E-state index is 13.3. The fourth-order valence-electron chi connectivity index (χ4n) is 4.65. The molecule has 1 fully saturated rings. The smallest absolute Gasteiger partial charge is 0.323 e. The lowest BCUT2D eigenvalue weighted by Crippen LogP contribution is -2.54. The number of benzene rings is 1. The predicted octanol–water partition coefficient (Wildman–Crippen LogP) is 1.34. The number of sulfonamides is 1. The summed E-state index contributed by atoms with van der Waals surface area (Å²) in [5.74, 6) is -0.886. The van der Waals surface area contributed by atoms with Crippen molar-refractivity contribution in [2.75, 3.05) is 13.1 Å². The van der Waals surface area contributed by atoms with Crippen LogP contribution in [0.15, 0.2) is 65.8 Å². The molecule has 0 spiro atoms. The molecular weight excluding hydrogens is 522 g/mol. The molecule has 1 aliphatic heterocycles. The number of carbonyl (C=O) groups is 2. The Morgan fingerprint density at radius 3 is 2.64 bits per heavy atom. The third kappa shape index (κ3) is 6.70. The second-order valence-electron chi connectivity index (χ2n) is 10.1. The van der Waals surface area contributed by atoms with E-state index in [1.807, 2.05) is 32.0 Å². The Bertz CT molecular complexity index is 1450. The van der Waals surface area contributed by atoms with Crippen molar-refractivity contribution < 1.29 is 27.8 Å². The van der Waals surface area contributed by atoms with Crippen LogP contribution in [-0.2, 0) is 14.8 Å². The van der Waals surface area contributed by atoms with Crippen LogP contribution < -0.4 is 15.4 Å². The minimum absolute atomic E-state index is 0.0787. The molecule has 0 saturated carbocycles. The summed E-state index contributed by atoms with van der Waals surface area (Å²) in [7, 11) is -4.15. The second-order valence-corrected chi connectivity index (χ2v) is 12.0. The molecule has 39 heavy (non-hydrogen) atoms. The third-order valence-electron chi connectivity index (χ3n) is 6.66. The normalized spacial score (nSPS) is 19.4. The Balaban J connectivity index is 1.45. The molecule has 3 heterocycles. The van der Waals surface area contributed by atoms with E-state index in [0.717, 1.165) is 15.9 Å². The lowest BCUT2D eigenvalue weighted by molar-refractivity contribution is -0.646. The average molecular weight is 556 g/mol. The van der Waals surface area contributed by atoms with Gasteiger partial charge in [-0.15, -0.1) is 0 Å². The van der Waals surface area contributed by atoms with E-state index in [0.29, 0.717) is 24.8 Å². The molecule has 1 aromatic carbocycles. The number of pyridine rings is 2. The van der Waals surface area contributed by atoms with Crippen LogP contribution in [0, 0.1) is 11.1 Å². The van der Waals surface area contributed by atoms with Gasteiger partial charge in [-0.2, -0.15) is 9.04 Å². The van der Waals surface area contributed by atoms with Gasteiger partial charge in [-0.1, -0.05) is 38.1 Å². The van der Waals surface area contributed by atoms with Crippen LogP contribution in [0.1, 0.15) is 43.6 Å². The van der Waals surface area contributed by atoms with E-state index in [9.17, 15) is 28.3 Å². The number of nitrogens with one attached hydrogen (secondary N) is 2. The van der Waals surface area contributed by atoms with Crippen LogP contribution in [0.5, 0.6) is 0 Å². The quantitative estimate of drug-likeness (QED) is 0.280. The molecule has 12 heteroatoms. The van der Waals surface area contributed by atoms with Crippen molar-refractivity contribution in [2.24, 2.45) is 5.92 Å². The lowest BCUT2D eigenvalue weighted by atomic mass is 10.0. The highest BCUT2D eigenvalue weighted by atomic mass is 32.2. The van der Waals surface area contributed by atoms with Crippen LogP contribution in [-0.4, -0.2) is 65.9 Å². The largest absolute Gasteiger partial charge is 0.618 e. The van der Waals surface area contributed by atoms with Crippen molar-refractivity contribution in [3.05, 3.63) is 71.7 Å². The van der Waals surface area contributed by atoms with E-state index in [1.165, 1.54) is 18.2 Å². The van der Waals surface area contributed by atoms with Crippen molar-refractivity contribution >= 4 is 32.7 Å². The number of rotatable bonds is 8. The first kappa shape index (κ1) is 28.4. The van der Waals surface area contributed by atoms with Gasteiger partial charge in [-0.3, -0.25) is 9.59 Å². The number of nitrogens with zero attached hydrogens (tertiary/aromatic N) is 3. The highest BCUT2D eigenvalue weighted by Crippen LogP contribution is 2.20. The van der Waals surface area contributed by atoms with Crippen LogP contribution in [0.2, 0.25) is 0 Å². The van der Waals surface area contributed by atoms with Gasteiger partial charge in [0.05, 0.1) is 17.7 Å². The Hall–Kier alpha value is -3.61. The van der Waals surface area contributed by atoms with Crippen molar-refractivity contribution in [3.63, 3.8) is 0 Å². The van der Waals surface area contributed by atoms with E-state index in [1.54, 1.807) is 18.2 Å². The number of aliphatic hydroxyl groups is 1. The topological polar surface area (TPSA) is 156 Å². The van der Waals surface area contributed by atoms with Crippen molar-refractivity contribution in [3.8, 4) is 0 Å². The first-order chi connectivity index (χ1) is 18.6. The van der Waals surface area contributed by atoms with Gasteiger partial charge in [-0.05, 0) is 43.4 Å². The molecule has 1 saturated heterocycles. The number of carbonyl (C=O) groups excluding carboxylic acids is 2. The maximum atomic E-state index is 13.3. The molecule has 2 unspecified atom stereocenters. The first-order valence-corrected chi connectivity index (χ1v) is 14.3. The van der Waals surface area contributed by atoms with E-state index in [2.05, 4.69) is 15.6 Å². The molecule has 11 nitrogen and oxygen atoms in total. The molecule has 2 aromatic heterocycles. The van der Waals surface area contributed by atoms with E-state index < -0.39 is 45.1 Å². The minimum atomic E-state index is -4.15. The highest BCUT2D eigenvalue weighted by molar-refractivity contribution is 7.88. The number of β-amino-alcohol motifs (C(OH)–C–C–N with tert-alkyl or cyclic N) is 1. The standard InChI is InChI=1S/C27H33N5O6S/c1-18(2)16-23(30-26(34)22-13-12-19-8-3-4-9-20(19)28-22)27(35)29-21-10-7-14-31(17-24(21)33)39(37,38)25-11-5-6-15-32(25)36/h3-6,8-9,11-13,15,18,21,23-24,33H,7,10,14,16-17H2,1-2H3,(H,29,35)(H,30,34)/t21?,23?,24-/m0/s1. The molecule has 3 N–H and O–H groups in total. The van der Waals surface area contributed by atoms with Gasteiger partial charge in [-0.25, -0.2) is 13.4 Å². The van der Waals surface area contributed by atoms with Gasteiger partial charge in [0.25, 0.3) is 5.91 Å². The zero-order chi connectivity index (χ0) is 28.2. The van der Waals surface area contributed by atoms with E-state index >= 15 is 0 Å². The second kappa shape index (κ2) is 12.1. The van der Waals surface area contributed by atoms with Gasteiger partial charge >= 0.3 is 15.0 Å². The van der Waals surface area contributed by atoms with E-state index in [4.69, 9.17) is 0 Å². The fraction of sp³-hybridized carbons (Fsp3) is 0.407. The summed E-state index contributed by atoms with van der Waals surface area (Å²) in [6.45, 7) is 3.65. The summed E-state index contributed by atoms with van der Waals surface area (Å²) in [4.78, 5) is 30.7. The van der Waals surface area contributed by atoms with Crippen molar-refractivity contribution in [1.82, 2.24) is 19.9 Å². The zero-order valence-corrected chi connectivity index (χ0v) is 22.7. The molecule has 0 bridgehead atoms. The summed E-state index contributed by atoms with van der Waals surface area (Å²) < 4.78 is 27.4. The van der Waals surface area contributed by atoms with Gasteiger partial charge in [0.2, 0.25) is 5.91 Å². The third-order valence-corrected chi connectivity index (χ3v) is 8.51. The summed E-state index contributed by atoms with van der Waals surface area (Å²) in [5.41, 5.74) is 0.844. The molecule has 4 rings (SSSR count). The molecule has 208 valence electrons. The van der Waals surface area contributed by atoms with Crippen molar-refractivity contribution in [1.29, 1.82) is 0 Å². The Morgan fingerprint density at radius 2 is 1.90 bits per heavy atom. The number of amides is 2. The van der Waals surface area contributed by atoms with Gasteiger partial charge < -0.3 is 20.9 Å². The van der Waals surface area contributed by atoms with Crippen LogP contribution in [0.25, 0.3) is 10.9 Å². The minimum Gasteiger partial charge on any atom is -0.618 e. The summed E-state index contributed by atoms with van der Waals surface area (Å²) in [6.07, 6.45) is 0.911. The molecule has 0 aliphatic carbocycles. The summed E-state index contributed by atoms with van der Waals surface area (Å²) in [6, 6.07) is 13.3. The fourth-order valence-corrected chi connectivity index (χ4v) is 6.17. The van der Waals surface area contributed by atoms with Gasteiger partial charge in [0.1, 0.15) is 11.7 Å². The number of aromatic nitrogens is 2. The predicted molar refractivity (Wildman–Crippen MR) is 144 cm³/mol. The Morgan fingerprint density at radius 1 is 1.15 bits per heavy atom. The lowest BCUT2D eigenvalue weighted by Gasteiger charge is -2.27. The summed E-state index contributed by atoms with van der Waals surface area (Å²) >= 11 is 0. The molecule has 1 aliphatic rings. The molecular formula is C27H33N5O6S. The SMILES string of the molecule is CC(C)CC(NC(=O)c1ccc2ccccc2n1)C(=O)NC1CCCN(S(=O)(=O)c2cccc[n+]2[O-])C[C@@H]1O. The first-order valence-electron chi connectivity index (χ1n) is 12.9. The maximum Gasteiger partial charge on any atom is 0.323 e. The Kier molecular flexibility index (Phi) is 8.78. The number of para-hydroxylation sites is 1. The monoisotopic (exact) mass is 555 g/mol. The van der Waals surface area contributed by atoms with Crippen LogP contribution in [0.4, 0.5) is 0 Å². The average Bonchev–Trinajstić information content (AvgIpc) is 3.09. The summed E-state index contributed by atoms with van der Waals surface area (Å²) in [5, 5.41) is 29.0. The number of hydrogen-bond donors (Lipinski definition) is 3. The molecule has 3 atom stereocenters. The molecule has 2 amide bonds. The van der Waals surface area contributed by atoms with E-state index in [-0.39, 0.29) is 29.4 Å². The van der Waals surface area contributed by atoms with Crippen molar-refractivity contribution in [2.45, 2.75) is 56.3 Å². The van der Waals surface area contributed by atoms with Crippen LogP contribution in [0.3, 0.4) is 0 Å². The Labute approximate surface area is 227 Å². The number of fused-ring (bicyclic) bond motifs is 1. The number of aliphatic hydroxyl groups excluding tert-OH is 1. The number of hydrogen-bond acceptors (Lipinski definition) is 7. The van der Waals surface area contributed by atoms with Gasteiger partial charge in [0, 0.05) is 30.6 Å². The molecule has 3 aromatic rings. The van der Waals surface area contributed by atoms with Gasteiger partial charge in [0.15, 0.2) is 6.20 Å².